The third kappa shape index (κ3) is 4.10. The van der Waals surface area contributed by atoms with Crippen LogP contribution >= 0.6 is 0 Å². The topological polar surface area (TPSA) is 127 Å². The highest BCUT2D eigenvalue weighted by Gasteiger charge is 2.44. The van der Waals surface area contributed by atoms with E-state index >= 15 is 0 Å². The largest absolute Gasteiger partial charge is 0.449 e. The Morgan fingerprint density at radius 2 is 1.84 bits per heavy atom. The van der Waals surface area contributed by atoms with Crippen LogP contribution < -0.4 is 11.2 Å². The van der Waals surface area contributed by atoms with E-state index in [1.54, 1.807) is 12.3 Å². The summed E-state index contributed by atoms with van der Waals surface area (Å²) in [5, 5.41) is 4.35. The van der Waals surface area contributed by atoms with Crippen LogP contribution in [0.3, 0.4) is 0 Å². The molecule has 0 saturated heterocycles. The Morgan fingerprint density at radius 1 is 1.05 bits per heavy atom. The van der Waals surface area contributed by atoms with Gasteiger partial charge in [0.05, 0.1) is 23.0 Å². The first-order valence-corrected chi connectivity index (χ1v) is 11.1. The molecule has 16 heteroatoms. The molecule has 38 heavy (non-hydrogen) atoms. The number of hydrogen-bond donors (Lipinski definition) is 2. The standard InChI is InChI=1S/C22H14F6N8O2/c23-21(24,25)8-35-16-5-13(30-7-15(16)32-19(35)22(26,27)28)10-3-9(10)11-4-14(34-36-2-1-29-17(11)36)12-6-31-20(38)33-18(12)37/h1-2,4-7,9-10H,3,8H2,(H2,31,33,37,38)/t9-,10-/m0/s1. The van der Waals surface area contributed by atoms with Gasteiger partial charge in [-0.05, 0) is 24.5 Å². The zero-order valence-electron chi connectivity index (χ0n) is 18.8. The number of aromatic nitrogens is 8. The second-order valence-corrected chi connectivity index (χ2v) is 8.85. The Morgan fingerprint density at radius 3 is 2.55 bits per heavy atom. The molecular formula is C22H14F6N8O2. The van der Waals surface area contributed by atoms with Gasteiger partial charge in [-0.2, -0.15) is 31.4 Å². The average Bonchev–Trinajstić information content (AvgIpc) is 3.32. The lowest BCUT2D eigenvalue weighted by atomic mass is 10.1. The molecular weight excluding hydrogens is 522 g/mol. The molecule has 0 aromatic carbocycles. The van der Waals surface area contributed by atoms with Crippen molar-refractivity contribution >= 4 is 16.7 Å². The summed E-state index contributed by atoms with van der Waals surface area (Å²) in [5.41, 5.74) is -0.252. The van der Waals surface area contributed by atoms with Gasteiger partial charge in [-0.3, -0.25) is 14.8 Å². The molecule has 0 amide bonds. The summed E-state index contributed by atoms with van der Waals surface area (Å²) < 4.78 is 81.2. The molecule has 0 aliphatic heterocycles. The third-order valence-corrected chi connectivity index (χ3v) is 6.30. The molecule has 1 aliphatic rings. The predicted molar refractivity (Wildman–Crippen MR) is 118 cm³/mol. The molecule has 5 aromatic rings. The second-order valence-electron chi connectivity index (χ2n) is 8.85. The van der Waals surface area contributed by atoms with Gasteiger partial charge in [0.25, 0.3) is 5.56 Å². The number of pyridine rings is 1. The number of nitrogens with one attached hydrogen (secondary N) is 2. The zero-order chi connectivity index (χ0) is 27.0. The summed E-state index contributed by atoms with van der Waals surface area (Å²) in [4.78, 5) is 40.0. The first kappa shape index (κ1) is 23.9. The van der Waals surface area contributed by atoms with Crippen molar-refractivity contribution in [1.29, 1.82) is 0 Å². The van der Waals surface area contributed by atoms with Gasteiger partial charge in [0.2, 0.25) is 5.82 Å². The second kappa shape index (κ2) is 8.00. The van der Waals surface area contributed by atoms with Gasteiger partial charge in [0.15, 0.2) is 5.65 Å². The fraction of sp³-hybridized carbons (Fsp3) is 0.273. The van der Waals surface area contributed by atoms with E-state index in [9.17, 15) is 35.9 Å². The van der Waals surface area contributed by atoms with Gasteiger partial charge in [-0.15, -0.1) is 0 Å². The lowest BCUT2D eigenvalue weighted by Gasteiger charge is -2.13. The normalized spacial score (nSPS) is 17.9. The molecule has 5 heterocycles. The maximum absolute atomic E-state index is 13.4. The van der Waals surface area contributed by atoms with E-state index in [-0.39, 0.29) is 38.7 Å². The SMILES string of the molecule is O=c1[nH]cc(-c2cc([C@H]3C[C@@H]3c3cc4c(cn3)nc(C(F)(F)F)n4CC(F)(F)F)c3nccn3n2)c(=O)[nH]1. The van der Waals surface area contributed by atoms with E-state index in [2.05, 4.69) is 30.0 Å². The lowest BCUT2D eigenvalue weighted by Crippen LogP contribution is -2.23. The number of halogens is 6. The van der Waals surface area contributed by atoms with Crippen LogP contribution in [0.5, 0.6) is 0 Å². The molecule has 2 N–H and O–H groups in total. The number of imidazole rings is 2. The van der Waals surface area contributed by atoms with E-state index < -0.39 is 36.0 Å². The predicted octanol–water partition coefficient (Wildman–Crippen LogP) is 3.37. The van der Waals surface area contributed by atoms with Crippen LogP contribution in [0.15, 0.2) is 46.5 Å². The summed E-state index contributed by atoms with van der Waals surface area (Å²) in [5.74, 6) is -2.25. The first-order valence-electron chi connectivity index (χ1n) is 11.1. The average molecular weight is 536 g/mol. The van der Waals surface area contributed by atoms with E-state index in [1.807, 2.05) is 0 Å². The Hall–Kier alpha value is -4.50. The Labute approximate surface area is 206 Å². The summed E-state index contributed by atoms with van der Waals surface area (Å²) >= 11 is 0. The van der Waals surface area contributed by atoms with Crippen LogP contribution in [-0.4, -0.2) is 45.3 Å². The molecule has 1 aliphatic carbocycles. The highest BCUT2D eigenvalue weighted by molar-refractivity contribution is 5.76. The highest BCUT2D eigenvalue weighted by atomic mass is 19.4. The van der Waals surface area contributed by atoms with Gasteiger partial charge >= 0.3 is 18.0 Å². The van der Waals surface area contributed by atoms with E-state index in [1.165, 1.54) is 23.0 Å². The molecule has 6 rings (SSSR count). The monoisotopic (exact) mass is 536 g/mol. The number of alkyl halides is 6. The number of H-pyrrole nitrogens is 2. The minimum Gasteiger partial charge on any atom is -0.313 e. The zero-order valence-corrected chi connectivity index (χ0v) is 18.8. The van der Waals surface area contributed by atoms with E-state index in [0.717, 1.165) is 6.20 Å². The first-order chi connectivity index (χ1) is 17.9. The van der Waals surface area contributed by atoms with E-state index in [4.69, 9.17) is 0 Å². The number of hydrogen-bond acceptors (Lipinski definition) is 6. The molecule has 5 aromatic heterocycles. The van der Waals surface area contributed by atoms with Gasteiger partial charge in [-0.25, -0.2) is 19.3 Å². The minimum atomic E-state index is -5.09. The number of fused-ring (bicyclic) bond motifs is 2. The van der Waals surface area contributed by atoms with Crippen LogP contribution in [0.4, 0.5) is 26.3 Å². The minimum absolute atomic E-state index is 0.0916. The molecule has 1 saturated carbocycles. The van der Waals surface area contributed by atoms with Gasteiger partial charge in [0.1, 0.15) is 12.1 Å². The van der Waals surface area contributed by atoms with Crippen LogP contribution in [0, 0.1) is 0 Å². The Balaban J connectivity index is 1.42. The molecule has 196 valence electrons. The van der Waals surface area contributed by atoms with Crippen molar-refractivity contribution in [3.8, 4) is 11.3 Å². The van der Waals surface area contributed by atoms with Crippen molar-refractivity contribution < 1.29 is 26.3 Å². The summed E-state index contributed by atoms with van der Waals surface area (Å²) in [6.07, 6.45) is -4.22. The van der Waals surface area contributed by atoms with Crippen molar-refractivity contribution in [1.82, 2.24) is 39.1 Å². The maximum Gasteiger partial charge on any atom is 0.449 e. The molecule has 1 fully saturated rings. The smallest absolute Gasteiger partial charge is 0.313 e. The Kier molecular flexibility index (Phi) is 5.02. The molecule has 10 nitrogen and oxygen atoms in total. The van der Waals surface area contributed by atoms with Crippen LogP contribution in [-0.2, 0) is 12.7 Å². The lowest BCUT2D eigenvalue weighted by molar-refractivity contribution is -0.160. The van der Waals surface area contributed by atoms with Crippen LogP contribution in [0.2, 0.25) is 0 Å². The molecule has 0 bridgehead atoms. The summed E-state index contributed by atoms with van der Waals surface area (Å²) in [6, 6.07) is 2.82. The van der Waals surface area contributed by atoms with Gasteiger partial charge in [0, 0.05) is 35.8 Å². The van der Waals surface area contributed by atoms with Crippen molar-refractivity contribution in [3.63, 3.8) is 0 Å². The number of rotatable bonds is 4. The quantitative estimate of drug-likeness (QED) is 0.339. The van der Waals surface area contributed by atoms with Crippen molar-refractivity contribution in [2.75, 3.05) is 0 Å². The molecule has 0 radical (unpaired) electrons. The van der Waals surface area contributed by atoms with Gasteiger partial charge < -0.3 is 9.55 Å². The van der Waals surface area contributed by atoms with Crippen molar-refractivity contribution in [3.05, 3.63) is 74.8 Å². The van der Waals surface area contributed by atoms with Crippen LogP contribution in [0.25, 0.3) is 27.9 Å². The fourth-order valence-corrected chi connectivity index (χ4v) is 4.61. The number of aromatic amines is 2. The molecule has 2 atom stereocenters. The van der Waals surface area contributed by atoms with E-state index in [0.29, 0.717) is 23.3 Å². The summed E-state index contributed by atoms with van der Waals surface area (Å²) in [6.45, 7) is -1.86. The molecule has 0 unspecified atom stereocenters. The maximum atomic E-state index is 13.4. The van der Waals surface area contributed by atoms with Crippen molar-refractivity contribution in [2.24, 2.45) is 0 Å². The van der Waals surface area contributed by atoms with Crippen LogP contribution in [0.1, 0.15) is 35.3 Å². The van der Waals surface area contributed by atoms with Crippen molar-refractivity contribution in [2.45, 2.75) is 37.2 Å². The summed E-state index contributed by atoms with van der Waals surface area (Å²) in [7, 11) is 0. The Bertz CT molecular complexity index is 1830. The number of nitrogens with zero attached hydrogens (tertiary/aromatic N) is 6. The van der Waals surface area contributed by atoms with Gasteiger partial charge in [-0.1, -0.05) is 0 Å². The molecule has 0 spiro atoms. The third-order valence-electron chi connectivity index (χ3n) is 6.30. The fourth-order valence-electron chi connectivity index (χ4n) is 4.61. The highest BCUT2D eigenvalue weighted by Crippen LogP contribution is 2.55.